The van der Waals surface area contributed by atoms with Gasteiger partial charge in [-0.25, -0.2) is 4.79 Å². The number of hydrogen-bond acceptors (Lipinski definition) is 4. The molecule has 0 aromatic heterocycles. The van der Waals surface area contributed by atoms with Gasteiger partial charge in [-0.3, -0.25) is 0 Å². The minimum Gasteiger partial charge on any atom is -0.460 e. The van der Waals surface area contributed by atoms with Gasteiger partial charge in [-0.1, -0.05) is 27.2 Å². The van der Waals surface area contributed by atoms with Crippen molar-refractivity contribution in [1.29, 1.82) is 0 Å². The van der Waals surface area contributed by atoms with Crippen LogP contribution in [-0.4, -0.2) is 30.6 Å². The third kappa shape index (κ3) is 3.73. The van der Waals surface area contributed by atoms with Gasteiger partial charge in [-0.2, -0.15) is 0 Å². The Kier molecular flexibility index (Phi) is 4.75. The molecule has 4 nitrogen and oxygen atoms in total. The molecule has 0 spiro atoms. The number of carbonyl (C=O) groups excluding carboxylic acids is 1. The molecule has 1 aliphatic heterocycles. The molecule has 1 heterocycles. The summed E-state index contributed by atoms with van der Waals surface area (Å²) in [4.78, 5) is 12.2. The predicted molar refractivity (Wildman–Crippen MR) is 76.1 cm³/mol. The van der Waals surface area contributed by atoms with Crippen molar-refractivity contribution in [2.24, 2.45) is 17.8 Å². The van der Waals surface area contributed by atoms with Gasteiger partial charge in [0, 0.05) is 0 Å². The molecule has 2 aliphatic rings. The van der Waals surface area contributed by atoms with Crippen molar-refractivity contribution in [3.05, 3.63) is 0 Å². The molecule has 4 atom stereocenters. The lowest BCUT2D eigenvalue weighted by atomic mass is 9.75. The second-order valence-corrected chi connectivity index (χ2v) is 7.12. The van der Waals surface area contributed by atoms with Crippen LogP contribution in [0.1, 0.15) is 53.9 Å². The normalized spacial score (nSPS) is 37.1. The zero-order valence-electron chi connectivity index (χ0n) is 13.3. The van der Waals surface area contributed by atoms with E-state index in [9.17, 15) is 4.79 Å². The highest BCUT2D eigenvalue weighted by Gasteiger charge is 2.40. The van der Waals surface area contributed by atoms with Crippen LogP contribution in [-0.2, 0) is 19.0 Å². The van der Waals surface area contributed by atoms with Crippen LogP contribution in [0.2, 0.25) is 0 Å². The Hall–Kier alpha value is -0.610. The number of esters is 1. The smallest absolute Gasteiger partial charge is 0.338 e. The van der Waals surface area contributed by atoms with E-state index in [1.54, 1.807) is 0 Å². The Bertz CT molecular complexity index is 350. The van der Waals surface area contributed by atoms with Gasteiger partial charge >= 0.3 is 5.97 Å². The number of hydrogen-bond donors (Lipinski definition) is 0. The third-order valence-electron chi connectivity index (χ3n) is 4.50. The Morgan fingerprint density at radius 3 is 2.55 bits per heavy atom. The largest absolute Gasteiger partial charge is 0.460 e. The van der Waals surface area contributed by atoms with E-state index in [1.165, 1.54) is 6.42 Å². The van der Waals surface area contributed by atoms with Crippen molar-refractivity contribution in [1.82, 2.24) is 0 Å². The first-order chi connectivity index (χ1) is 9.28. The summed E-state index contributed by atoms with van der Waals surface area (Å²) in [5.74, 6) is 0.685. The van der Waals surface area contributed by atoms with E-state index >= 15 is 0 Å². The average molecular weight is 284 g/mol. The van der Waals surface area contributed by atoms with Gasteiger partial charge in [0.2, 0.25) is 0 Å². The molecule has 1 saturated heterocycles. The number of carbonyl (C=O) groups is 1. The van der Waals surface area contributed by atoms with Gasteiger partial charge in [-0.15, -0.1) is 0 Å². The Morgan fingerprint density at radius 2 is 2.00 bits per heavy atom. The van der Waals surface area contributed by atoms with E-state index in [4.69, 9.17) is 14.2 Å². The summed E-state index contributed by atoms with van der Waals surface area (Å²) in [6.45, 7) is 10.6. The summed E-state index contributed by atoms with van der Waals surface area (Å²) in [5.41, 5.74) is 0. The molecule has 0 aromatic rings. The second-order valence-electron chi connectivity index (χ2n) is 7.12. The zero-order valence-corrected chi connectivity index (χ0v) is 13.3. The molecule has 0 amide bonds. The Labute approximate surface area is 122 Å². The van der Waals surface area contributed by atoms with Gasteiger partial charge in [0.1, 0.15) is 6.10 Å². The van der Waals surface area contributed by atoms with Crippen LogP contribution in [0.5, 0.6) is 0 Å². The summed E-state index contributed by atoms with van der Waals surface area (Å²) in [5, 5.41) is 0. The molecule has 1 saturated carbocycles. The summed E-state index contributed by atoms with van der Waals surface area (Å²) in [6, 6.07) is 0. The van der Waals surface area contributed by atoms with Crippen molar-refractivity contribution in [2.75, 3.05) is 6.61 Å². The van der Waals surface area contributed by atoms with Gasteiger partial charge in [0.05, 0.1) is 6.61 Å². The maximum absolute atomic E-state index is 12.2. The molecule has 2 fully saturated rings. The van der Waals surface area contributed by atoms with E-state index < -0.39 is 11.9 Å². The maximum Gasteiger partial charge on any atom is 0.338 e. The van der Waals surface area contributed by atoms with Crippen molar-refractivity contribution >= 4 is 5.97 Å². The van der Waals surface area contributed by atoms with Crippen molar-refractivity contribution in [3.63, 3.8) is 0 Å². The molecule has 0 N–H and O–H groups in total. The SMILES string of the molecule is CC1CCC(C(C)C)C(OC(=O)C2COC(C)(C)O2)C1. The quantitative estimate of drug-likeness (QED) is 0.747. The summed E-state index contributed by atoms with van der Waals surface area (Å²) < 4.78 is 16.8. The van der Waals surface area contributed by atoms with E-state index in [2.05, 4.69) is 20.8 Å². The molecule has 4 heteroatoms. The number of rotatable bonds is 3. The lowest BCUT2D eigenvalue weighted by molar-refractivity contribution is -0.179. The first-order valence-corrected chi connectivity index (χ1v) is 7.81. The fraction of sp³-hybridized carbons (Fsp3) is 0.938. The van der Waals surface area contributed by atoms with Crippen LogP contribution in [0, 0.1) is 17.8 Å². The lowest BCUT2D eigenvalue weighted by Crippen LogP contribution is -2.39. The molecule has 0 bridgehead atoms. The van der Waals surface area contributed by atoms with Gasteiger partial charge in [0.25, 0.3) is 0 Å². The van der Waals surface area contributed by atoms with Crippen LogP contribution in [0.15, 0.2) is 0 Å². The maximum atomic E-state index is 12.2. The van der Waals surface area contributed by atoms with Crippen LogP contribution >= 0.6 is 0 Å². The molecule has 0 aromatic carbocycles. The van der Waals surface area contributed by atoms with Crippen LogP contribution < -0.4 is 0 Å². The molecule has 4 unspecified atom stereocenters. The fourth-order valence-electron chi connectivity index (χ4n) is 3.28. The third-order valence-corrected chi connectivity index (χ3v) is 4.50. The second kappa shape index (κ2) is 6.02. The lowest BCUT2D eigenvalue weighted by Gasteiger charge is -2.37. The predicted octanol–water partition coefficient (Wildman–Crippen LogP) is 3.14. The summed E-state index contributed by atoms with van der Waals surface area (Å²) in [6.07, 6.45) is 2.79. The van der Waals surface area contributed by atoms with Crippen LogP contribution in [0.3, 0.4) is 0 Å². The molecule has 0 radical (unpaired) electrons. The Morgan fingerprint density at radius 1 is 1.30 bits per heavy atom. The molecule has 20 heavy (non-hydrogen) atoms. The number of ether oxygens (including phenoxy) is 3. The monoisotopic (exact) mass is 284 g/mol. The van der Waals surface area contributed by atoms with Crippen LogP contribution in [0.4, 0.5) is 0 Å². The minimum absolute atomic E-state index is 0.0264. The van der Waals surface area contributed by atoms with E-state index in [1.807, 2.05) is 13.8 Å². The van der Waals surface area contributed by atoms with Gasteiger partial charge in [-0.05, 0) is 44.4 Å². The highest BCUT2D eigenvalue weighted by molar-refractivity contribution is 5.75. The molecular formula is C16H28O4. The molecule has 1 aliphatic carbocycles. The summed E-state index contributed by atoms with van der Waals surface area (Å²) >= 11 is 0. The van der Waals surface area contributed by atoms with E-state index in [0.717, 1.165) is 12.8 Å². The van der Waals surface area contributed by atoms with Gasteiger partial charge in [0.15, 0.2) is 11.9 Å². The standard InChI is InChI=1S/C16H28O4/c1-10(2)12-7-6-11(3)8-13(12)19-15(17)14-9-18-16(4,5)20-14/h10-14H,6-9H2,1-5H3. The first kappa shape index (κ1) is 15.8. The van der Waals surface area contributed by atoms with E-state index in [0.29, 0.717) is 24.4 Å². The highest BCUT2D eigenvalue weighted by Crippen LogP contribution is 2.36. The van der Waals surface area contributed by atoms with Crippen LogP contribution in [0.25, 0.3) is 0 Å². The Balaban J connectivity index is 1.94. The van der Waals surface area contributed by atoms with Crippen molar-refractivity contribution < 1.29 is 19.0 Å². The highest BCUT2D eigenvalue weighted by atomic mass is 16.8. The van der Waals surface area contributed by atoms with Crippen molar-refractivity contribution in [3.8, 4) is 0 Å². The molecule has 116 valence electrons. The van der Waals surface area contributed by atoms with E-state index in [-0.39, 0.29) is 12.1 Å². The molecule has 2 rings (SSSR count). The zero-order chi connectivity index (χ0) is 14.9. The molecular weight excluding hydrogens is 256 g/mol. The fourth-order valence-corrected chi connectivity index (χ4v) is 3.28. The van der Waals surface area contributed by atoms with Gasteiger partial charge < -0.3 is 14.2 Å². The topological polar surface area (TPSA) is 44.8 Å². The average Bonchev–Trinajstić information content (AvgIpc) is 2.69. The first-order valence-electron chi connectivity index (χ1n) is 7.81. The summed E-state index contributed by atoms with van der Waals surface area (Å²) in [7, 11) is 0. The van der Waals surface area contributed by atoms with Crippen molar-refractivity contribution in [2.45, 2.75) is 71.9 Å². The minimum atomic E-state index is -0.680.